The van der Waals surface area contributed by atoms with Crippen LogP contribution in [0.4, 0.5) is 11.6 Å². The number of carbonyl (C=O) groups excluding carboxylic acids is 1. The fraction of sp³-hybridized carbons (Fsp3) is 0.286. The fourth-order valence-corrected chi connectivity index (χ4v) is 1.88. The van der Waals surface area contributed by atoms with E-state index in [2.05, 4.69) is 15.3 Å². The lowest BCUT2D eigenvalue weighted by Crippen LogP contribution is -2.14. The Labute approximate surface area is 126 Å². The molecular weight excluding hydrogens is 288 g/mol. The van der Waals surface area contributed by atoms with Crippen molar-refractivity contribution in [3.05, 3.63) is 24.0 Å². The van der Waals surface area contributed by atoms with Crippen molar-refractivity contribution >= 4 is 23.4 Å². The van der Waals surface area contributed by atoms with Crippen LogP contribution in [0.5, 0.6) is 0 Å². The Bertz CT molecular complexity index is 682. The molecule has 2 rings (SSSR count). The molecule has 22 heavy (non-hydrogen) atoms. The number of ketones is 1. The third-order valence-corrected chi connectivity index (χ3v) is 2.89. The van der Waals surface area contributed by atoms with Crippen molar-refractivity contribution in [3.8, 4) is 11.6 Å². The number of hydrogen-bond donors (Lipinski definition) is 3. The summed E-state index contributed by atoms with van der Waals surface area (Å²) in [6, 6.07) is 3.31. The molecule has 0 aromatic carbocycles. The van der Waals surface area contributed by atoms with Gasteiger partial charge in [-0.3, -0.25) is 0 Å². The number of rotatable bonds is 7. The second-order valence-electron chi connectivity index (χ2n) is 4.67. The molecule has 0 aliphatic rings. The predicted molar refractivity (Wildman–Crippen MR) is 79.5 cm³/mol. The quantitative estimate of drug-likeness (QED) is 0.660. The van der Waals surface area contributed by atoms with Crippen LogP contribution in [0.3, 0.4) is 0 Å². The number of nitrogens with two attached hydrogens (primary N) is 1. The van der Waals surface area contributed by atoms with Crippen LogP contribution in [0.25, 0.3) is 11.6 Å². The number of carboxylic acid groups (broad SMARTS) is 1. The molecule has 2 heterocycles. The summed E-state index contributed by atoms with van der Waals surface area (Å²) in [6.07, 6.45) is 2.43. The van der Waals surface area contributed by atoms with Gasteiger partial charge in [0.15, 0.2) is 11.6 Å². The van der Waals surface area contributed by atoms with Crippen molar-refractivity contribution < 1.29 is 19.1 Å². The van der Waals surface area contributed by atoms with Gasteiger partial charge in [0, 0.05) is 13.0 Å². The molecule has 0 saturated carbocycles. The van der Waals surface area contributed by atoms with Gasteiger partial charge in [0.1, 0.15) is 23.0 Å². The van der Waals surface area contributed by atoms with Crippen LogP contribution in [0.15, 0.2) is 22.8 Å². The zero-order chi connectivity index (χ0) is 16.1. The van der Waals surface area contributed by atoms with E-state index in [1.807, 2.05) is 0 Å². The Balaban J connectivity index is 2.27. The van der Waals surface area contributed by atoms with Gasteiger partial charge in [-0.15, -0.1) is 0 Å². The van der Waals surface area contributed by atoms with Gasteiger partial charge in [-0.05, 0) is 25.5 Å². The second kappa shape index (κ2) is 6.70. The Morgan fingerprint density at radius 1 is 1.41 bits per heavy atom. The number of nitrogen functional groups attached to an aromatic ring is 1. The number of aromatic nitrogens is 2. The topological polar surface area (TPSA) is 131 Å². The summed E-state index contributed by atoms with van der Waals surface area (Å²) in [7, 11) is 0. The molecule has 0 unspecified atom stereocenters. The summed E-state index contributed by atoms with van der Waals surface area (Å²) in [4.78, 5) is 30.3. The van der Waals surface area contributed by atoms with Crippen LogP contribution in [0.2, 0.25) is 0 Å². The lowest BCUT2D eigenvalue weighted by molar-refractivity contribution is -0.117. The fourth-order valence-electron chi connectivity index (χ4n) is 1.88. The Kier molecular flexibility index (Phi) is 4.72. The number of carboxylic acids is 1. The van der Waals surface area contributed by atoms with Gasteiger partial charge in [0.05, 0.1) is 6.26 Å². The normalized spacial score (nSPS) is 10.4. The van der Waals surface area contributed by atoms with Crippen LogP contribution < -0.4 is 11.1 Å². The third-order valence-electron chi connectivity index (χ3n) is 2.89. The van der Waals surface area contributed by atoms with E-state index >= 15 is 0 Å². The van der Waals surface area contributed by atoms with Crippen LogP contribution in [-0.4, -0.2) is 33.4 Å². The highest BCUT2D eigenvalue weighted by molar-refractivity contribution is 5.98. The first-order chi connectivity index (χ1) is 10.5. The minimum Gasteiger partial charge on any atom is -0.477 e. The molecule has 0 fully saturated rings. The maximum Gasteiger partial charge on any atom is 0.343 e. The summed E-state index contributed by atoms with van der Waals surface area (Å²) in [5.74, 6) is -0.619. The van der Waals surface area contributed by atoms with Gasteiger partial charge >= 0.3 is 5.97 Å². The molecule has 0 saturated heterocycles. The molecule has 0 amide bonds. The average molecular weight is 304 g/mol. The molecule has 8 nitrogen and oxygen atoms in total. The van der Waals surface area contributed by atoms with Gasteiger partial charge in [0.25, 0.3) is 0 Å². The summed E-state index contributed by atoms with van der Waals surface area (Å²) < 4.78 is 5.19. The number of anilines is 2. The number of aromatic carboxylic acids is 1. The molecule has 8 heteroatoms. The lowest BCUT2D eigenvalue weighted by atomic mass is 10.2. The van der Waals surface area contributed by atoms with Gasteiger partial charge in [-0.2, -0.15) is 0 Å². The SMILES string of the molecule is CC(=O)CCCNc1nc(-c2ccco2)nc(N)c1C(=O)O. The zero-order valence-electron chi connectivity index (χ0n) is 12.0. The minimum atomic E-state index is -1.22. The lowest BCUT2D eigenvalue weighted by Gasteiger charge is -2.11. The first-order valence-electron chi connectivity index (χ1n) is 6.67. The molecular formula is C14H16N4O4. The van der Waals surface area contributed by atoms with E-state index in [0.717, 1.165) is 0 Å². The van der Waals surface area contributed by atoms with Gasteiger partial charge < -0.3 is 25.4 Å². The molecule has 4 N–H and O–H groups in total. The van der Waals surface area contributed by atoms with Crippen LogP contribution >= 0.6 is 0 Å². The molecule has 0 aliphatic carbocycles. The first-order valence-corrected chi connectivity index (χ1v) is 6.67. The van der Waals surface area contributed by atoms with E-state index in [0.29, 0.717) is 25.1 Å². The van der Waals surface area contributed by atoms with Gasteiger partial charge in [-0.25, -0.2) is 14.8 Å². The Morgan fingerprint density at radius 3 is 2.77 bits per heavy atom. The van der Waals surface area contributed by atoms with Crippen molar-refractivity contribution in [2.45, 2.75) is 19.8 Å². The van der Waals surface area contributed by atoms with Crippen LogP contribution in [0, 0.1) is 0 Å². The summed E-state index contributed by atoms with van der Waals surface area (Å²) in [6.45, 7) is 1.90. The molecule has 0 radical (unpaired) electrons. The van der Waals surface area contributed by atoms with Gasteiger partial charge in [0.2, 0.25) is 0 Å². The molecule has 0 atom stereocenters. The number of furan rings is 1. The van der Waals surface area contributed by atoms with Crippen molar-refractivity contribution in [1.29, 1.82) is 0 Å². The molecule has 2 aromatic heterocycles. The first kappa shape index (κ1) is 15.5. The minimum absolute atomic E-state index is 0.0683. The molecule has 0 spiro atoms. The second-order valence-corrected chi connectivity index (χ2v) is 4.67. The summed E-state index contributed by atoms with van der Waals surface area (Å²) in [5.41, 5.74) is 5.52. The van der Waals surface area contributed by atoms with E-state index in [-0.39, 0.29) is 28.8 Å². The van der Waals surface area contributed by atoms with Crippen molar-refractivity contribution in [1.82, 2.24) is 9.97 Å². The smallest absolute Gasteiger partial charge is 0.343 e. The Morgan fingerprint density at radius 2 is 2.18 bits per heavy atom. The molecule has 2 aromatic rings. The third kappa shape index (κ3) is 3.60. The highest BCUT2D eigenvalue weighted by atomic mass is 16.4. The van der Waals surface area contributed by atoms with E-state index in [1.165, 1.54) is 13.2 Å². The van der Waals surface area contributed by atoms with E-state index in [9.17, 15) is 14.7 Å². The average Bonchev–Trinajstić information content (AvgIpc) is 2.96. The number of nitrogens with one attached hydrogen (secondary N) is 1. The molecule has 0 aliphatic heterocycles. The number of nitrogens with zero attached hydrogens (tertiary/aromatic N) is 2. The molecule has 0 bridgehead atoms. The van der Waals surface area contributed by atoms with Crippen molar-refractivity contribution in [3.63, 3.8) is 0 Å². The van der Waals surface area contributed by atoms with Crippen LogP contribution in [0.1, 0.15) is 30.1 Å². The monoisotopic (exact) mass is 304 g/mol. The van der Waals surface area contributed by atoms with E-state index in [1.54, 1.807) is 12.1 Å². The number of carbonyl (C=O) groups is 2. The number of hydrogen-bond acceptors (Lipinski definition) is 7. The maximum absolute atomic E-state index is 11.3. The molecule has 116 valence electrons. The van der Waals surface area contributed by atoms with Crippen molar-refractivity contribution in [2.75, 3.05) is 17.6 Å². The largest absolute Gasteiger partial charge is 0.477 e. The van der Waals surface area contributed by atoms with Crippen molar-refractivity contribution in [2.24, 2.45) is 0 Å². The highest BCUT2D eigenvalue weighted by Gasteiger charge is 2.20. The predicted octanol–water partition coefficient (Wildman–Crippen LogP) is 1.80. The standard InChI is InChI=1S/C14H16N4O4/c1-8(19)4-2-6-16-13-10(14(20)21)11(15)17-12(18-13)9-5-3-7-22-9/h3,5,7H,2,4,6H2,1H3,(H,20,21)(H3,15,16,17,18). The van der Waals surface area contributed by atoms with Gasteiger partial charge in [-0.1, -0.05) is 0 Å². The zero-order valence-corrected chi connectivity index (χ0v) is 12.0. The van der Waals surface area contributed by atoms with E-state index < -0.39 is 5.97 Å². The maximum atomic E-state index is 11.3. The van der Waals surface area contributed by atoms with Crippen LogP contribution in [-0.2, 0) is 4.79 Å². The summed E-state index contributed by atoms with van der Waals surface area (Å²) >= 11 is 0. The van der Waals surface area contributed by atoms with E-state index in [4.69, 9.17) is 10.2 Å². The Hall–Kier alpha value is -2.90. The summed E-state index contributed by atoms with van der Waals surface area (Å²) in [5, 5.41) is 12.1. The number of Topliss-reactive ketones (excluding diaryl/α,β-unsaturated/α-hetero) is 1. The highest BCUT2D eigenvalue weighted by Crippen LogP contribution is 2.24.